The van der Waals surface area contributed by atoms with E-state index in [1.807, 2.05) is 69.2 Å². The van der Waals surface area contributed by atoms with Crippen LogP contribution in [0.4, 0.5) is 34.4 Å². The van der Waals surface area contributed by atoms with Crippen molar-refractivity contribution in [2.75, 3.05) is 37.6 Å². The Labute approximate surface area is 391 Å². The first kappa shape index (κ1) is 51.5. The molecule has 0 spiro atoms. The predicted octanol–water partition coefficient (Wildman–Crippen LogP) is 10.6. The number of rotatable bonds is 22. The molecule has 0 fully saturated rings. The number of nitrogens with zero attached hydrogens (tertiary/aromatic N) is 12. The molecule has 4 N–H and O–H groups in total. The van der Waals surface area contributed by atoms with Crippen LogP contribution in [0.5, 0.6) is 0 Å². The molecule has 0 atom stereocenters. The van der Waals surface area contributed by atoms with Gasteiger partial charge in [0.15, 0.2) is 34.6 Å². The molecule has 0 aliphatic heterocycles. The minimum Gasteiger partial charge on any atom is -0.382 e. The zero-order valence-electron chi connectivity index (χ0n) is 40.2. The Morgan fingerprint density at radius 3 is 1.21 bits per heavy atom. The SMILES string of the molecule is CCCCN(CCCC)S(=O)(=O)c1cccc(N=Nc2c(C(C)(C)C)nn(-c3cc(-n4nc(C(C)(C)C)c(N=Nc5cccc(S(=O)(=O)N(CCCC)CCCC)c5)c4N)ncn3)c2N)c1. The second-order valence-corrected chi connectivity index (χ2v) is 22.2. The lowest BCUT2D eigenvalue weighted by molar-refractivity contribution is 0.395. The van der Waals surface area contributed by atoms with E-state index in [-0.39, 0.29) is 33.1 Å². The van der Waals surface area contributed by atoms with Crippen molar-refractivity contribution >= 4 is 54.4 Å². The summed E-state index contributed by atoms with van der Waals surface area (Å²) >= 11 is 0. The van der Waals surface area contributed by atoms with E-state index < -0.39 is 30.9 Å². The lowest BCUT2D eigenvalue weighted by Gasteiger charge is -2.22. The first-order chi connectivity index (χ1) is 31.2. The van der Waals surface area contributed by atoms with Crippen LogP contribution < -0.4 is 11.5 Å². The van der Waals surface area contributed by atoms with E-state index in [9.17, 15) is 16.8 Å². The van der Waals surface area contributed by atoms with Gasteiger partial charge in [0.2, 0.25) is 20.0 Å². The number of sulfonamides is 2. The minimum absolute atomic E-state index is 0.142. The molecule has 0 saturated heterocycles. The first-order valence-corrected chi connectivity index (χ1v) is 25.7. The molecule has 3 heterocycles. The Morgan fingerprint density at radius 1 is 0.545 bits per heavy atom. The predicted molar refractivity (Wildman–Crippen MR) is 261 cm³/mol. The van der Waals surface area contributed by atoms with Crippen molar-refractivity contribution in [1.82, 2.24) is 38.1 Å². The summed E-state index contributed by atoms with van der Waals surface area (Å²) in [6, 6.07) is 14.5. The molecule has 0 aliphatic carbocycles. The van der Waals surface area contributed by atoms with Gasteiger partial charge in [-0.05, 0) is 62.1 Å². The van der Waals surface area contributed by atoms with Crippen LogP contribution in [0.25, 0.3) is 11.6 Å². The van der Waals surface area contributed by atoms with Gasteiger partial charge in [-0.1, -0.05) is 107 Å². The van der Waals surface area contributed by atoms with Crippen LogP contribution >= 0.6 is 0 Å². The van der Waals surface area contributed by atoms with Gasteiger partial charge in [-0.15, -0.1) is 10.2 Å². The molecule has 0 saturated carbocycles. The molecule has 66 heavy (non-hydrogen) atoms. The van der Waals surface area contributed by atoms with Crippen LogP contribution in [0, 0.1) is 0 Å². The van der Waals surface area contributed by atoms with E-state index >= 15 is 0 Å². The Hall–Kier alpha value is -5.44. The molecule has 0 radical (unpaired) electrons. The fourth-order valence-corrected chi connectivity index (χ4v) is 10.1. The Morgan fingerprint density at radius 2 is 0.894 bits per heavy atom. The maximum atomic E-state index is 13.8. The maximum absolute atomic E-state index is 13.8. The molecule has 20 heteroatoms. The van der Waals surface area contributed by atoms with E-state index in [0.29, 0.717) is 60.3 Å². The molecular formula is C46H68N14O4S2. The van der Waals surface area contributed by atoms with Crippen LogP contribution in [-0.4, -0.2) is 81.2 Å². The second kappa shape index (κ2) is 21.9. The van der Waals surface area contributed by atoms with Crippen LogP contribution in [-0.2, 0) is 30.9 Å². The summed E-state index contributed by atoms with van der Waals surface area (Å²) in [7, 11) is -7.53. The van der Waals surface area contributed by atoms with Crippen molar-refractivity contribution in [3.05, 3.63) is 72.3 Å². The Balaban J connectivity index is 1.50. The summed E-state index contributed by atoms with van der Waals surface area (Å²) in [5, 5.41) is 27.8. The van der Waals surface area contributed by atoms with E-state index in [4.69, 9.17) is 21.7 Å². The van der Waals surface area contributed by atoms with Crippen LogP contribution in [0.15, 0.2) is 91.2 Å². The first-order valence-electron chi connectivity index (χ1n) is 22.8. The highest BCUT2D eigenvalue weighted by molar-refractivity contribution is 7.89. The molecule has 2 aromatic carbocycles. The van der Waals surface area contributed by atoms with Gasteiger partial charge in [0.05, 0.1) is 32.6 Å². The normalized spacial score (nSPS) is 13.0. The zero-order valence-corrected chi connectivity index (χ0v) is 41.9. The molecule has 0 amide bonds. The molecule has 0 unspecified atom stereocenters. The third-order valence-corrected chi connectivity index (χ3v) is 14.6. The zero-order chi connectivity index (χ0) is 48.5. The summed E-state index contributed by atoms with van der Waals surface area (Å²) in [4.78, 5) is 9.27. The van der Waals surface area contributed by atoms with Crippen molar-refractivity contribution in [3.63, 3.8) is 0 Å². The third kappa shape index (κ3) is 12.1. The minimum atomic E-state index is -3.77. The topological polar surface area (TPSA) is 238 Å². The number of nitrogen functional groups attached to an aromatic ring is 2. The highest BCUT2D eigenvalue weighted by atomic mass is 32.2. The van der Waals surface area contributed by atoms with Crippen molar-refractivity contribution in [1.29, 1.82) is 0 Å². The number of azo groups is 2. The van der Waals surface area contributed by atoms with Crippen LogP contribution in [0.2, 0.25) is 0 Å². The molecule has 358 valence electrons. The van der Waals surface area contributed by atoms with E-state index in [0.717, 1.165) is 51.4 Å². The van der Waals surface area contributed by atoms with Gasteiger partial charge in [-0.2, -0.15) is 38.4 Å². The van der Waals surface area contributed by atoms with Crippen LogP contribution in [0.3, 0.4) is 0 Å². The second-order valence-electron chi connectivity index (χ2n) is 18.3. The molecule has 0 aliphatic rings. The van der Waals surface area contributed by atoms with Crippen LogP contribution in [0.1, 0.15) is 132 Å². The average Bonchev–Trinajstić information content (AvgIpc) is 3.81. The van der Waals surface area contributed by atoms with Gasteiger partial charge in [0, 0.05) is 43.1 Å². The molecule has 0 bridgehead atoms. The largest absolute Gasteiger partial charge is 0.382 e. The highest BCUT2D eigenvalue weighted by Crippen LogP contribution is 2.40. The standard InChI is InChI=1S/C46H68N14O4S2/c1-11-15-25-57(26-16-12-2)65(61,62)35-23-19-21-33(29-35)51-53-39-41(45(5,6)7)55-59(43(39)47)37-31-38(50-32-49-37)60-44(48)40(42(56-60)46(8,9)10)54-52-34-22-20-24-36(30-34)66(63,64)58(27-17-13-3)28-18-14-4/h19-24,29-32H,11-18,25-28,47-48H2,1-10H3. The van der Waals surface area contributed by atoms with Gasteiger partial charge in [0.1, 0.15) is 6.33 Å². The van der Waals surface area contributed by atoms with Crippen molar-refractivity contribution in [2.45, 2.75) is 141 Å². The van der Waals surface area contributed by atoms with Crippen molar-refractivity contribution in [3.8, 4) is 11.6 Å². The fourth-order valence-electron chi connectivity index (χ4n) is 6.94. The number of nitrogens with two attached hydrogens (primary N) is 2. The molecule has 3 aromatic heterocycles. The number of hydrogen-bond acceptors (Lipinski definition) is 14. The number of unbranched alkanes of at least 4 members (excludes halogenated alkanes) is 4. The summed E-state index contributed by atoms with van der Waals surface area (Å²) in [5.41, 5.74) is 14.8. The summed E-state index contributed by atoms with van der Waals surface area (Å²) < 4.78 is 61.0. The van der Waals surface area contributed by atoms with Gasteiger partial charge in [-0.3, -0.25) is 0 Å². The van der Waals surface area contributed by atoms with E-state index in [1.165, 1.54) is 27.8 Å². The Kier molecular flexibility index (Phi) is 17.1. The number of anilines is 2. The summed E-state index contributed by atoms with van der Waals surface area (Å²) in [5.74, 6) is 0.863. The molecule has 18 nitrogen and oxygen atoms in total. The fraction of sp³-hybridized carbons (Fsp3) is 0.522. The van der Waals surface area contributed by atoms with Gasteiger partial charge in [-0.25, -0.2) is 26.8 Å². The van der Waals surface area contributed by atoms with E-state index in [1.54, 1.807) is 51.1 Å². The average molecular weight is 945 g/mol. The van der Waals surface area contributed by atoms with Gasteiger partial charge < -0.3 is 11.5 Å². The van der Waals surface area contributed by atoms with Crippen molar-refractivity contribution < 1.29 is 16.8 Å². The van der Waals surface area contributed by atoms with Crippen molar-refractivity contribution in [2.24, 2.45) is 20.5 Å². The molecular weight excluding hydrogens is 877 g/mol. The van der Waals surface area contributed by atoms with E-state index in [2.05, 4.69) is 30.4 Å². The summed E-state index contributed by atoms with van der Waals surface area (Å²) in [6.07, 6.45) is 7.91. The number of aromatic nitrogens is 6. The third-order valence-electron chi connectivity index (χ3n) is 10.8. The highest BCUT2D eigenvalue weighted by Gasteiger charge is 2.31. The van der Waals surface area contributed by atoms with Gasteiger partial charge in [0.25, 0.3) is 0 Å². The molecule has 5 aromatic rings. The maximum Gasteiger partial charge on any atom is 0.243 e. The lowest BCUT2D eigenvalue weighted by atomic mass is 9.91. The number of hydrogen-bond donors (Lipinski definition) is 2. The monoisotopic (exact) mass is 944 g/mol. The quantitative estimate of drug-likeness (QED) is 0.0622. The van der Waals surface area contributed by atoms with Gasteiger partial charge >= 0.3 is 0 Å². The Bertz CT molecular complexity index is 2520. The molecule has 5 rings (SSSR count). The summed E-state index contributed by atoms with van der Waals surface area (Å²) in [6.45, 7) is 21.7. The smallest absolute Gasteiger partial charge is 0.243 e. The lowest BCUT2D eigenvalue weighted by Crippen LogP contribution is -2.33. The number of benzene rings is 2.